The number of carbonyl (C=O) groups excluding carboxylic acids is 2. The molecule has 2 amide bonds. The van der Waals surface area contributed by atoms with E-state index in [-0.39, 0.29) is 29.8 Å². The number of ether oxygens (including phenoxy) is 2. The third-order valence-electron chi connectivity index (χ3n) is 3.22. The van der Waals surface area contributed by atoms with Crippen LogP contribution in [0.1, 0.15) is 41.5 Å². The van der Waals surface area contributed by atoms with E-state index in [4.69, 9.17) is 9.47 Å². The van der Waals surface area contributed by atoms with Gasteiger partial charge >= 0.3 is 0 Å². The first-order chi connectivity index (χ1) is 13.2. The first-order valence-electron chi connectivity index (χ1n) is 9.74. The monoisotopic (exact) mass is 432 g/mol. The highest BCUT2D eigenvalue weighted by Gasteiger charge is 2.15. The first kappa shape index (κ1) is 27.1. The summed E-state index contributed by atoms with van der Waals surface area (Å²) in [4.78, 5) is 23.1. The van der Waals surface area contributed by atoms with E-state index in [9.17, 15) is 9.59 Å². The second-order valence-electron chi connectivity index (χ2n) is 7.15. The van der Waals surface area contributed by atoms with E-state index in [1.54, 1.807) is 21.6 Å². The molecular formula is C20H36N2O4S2. The van der Waals surface area contributed by atoms with Crippen LogP contribution < -0.4 is 10.6 Å². The van der Waals surface area contributed by atoms with E-state index >= 15 is 0 Å². The summed E-state index contributed by atoms with van der Waals surface area (Å²) < 4.78 is 11.2. The number of hydrogen-bond donors (Lipinski definition) is 2. The largest absolute Gasteiger partial charge is 0.369 e. The lowest BCUT2D eigenvalue weighted by Gasteiger charge is -2.20. The maximum absolute atomic E-state index is 11.6. The molecule has 0 aromatic heterocycles. The molecule has 0 spiro atoms. The van der Waals surface area contributed by atoms with E-state index in [0.717, 1.165) is 5.75 Å². The number of amides is 2. The summed E-state index contributed by atoms with van der Waals surface area (Å²) in [5, 5.41) is 5.59. The van der Waals surface area contributed by atoms with Gasteiger partial charge in [-0.2, -0.15) is 0 Å². The van der Waals surface area contributed by atoms with Gasteiger partial charge in [-0.05, 0) is 5.92 Å². The van der Waals surface area contributed by atoms with Gasteiger partial charge in [0, 0.05) is 24.1 Å². The Labute approximate surface area is 178 Å². The van der Waals surface area contributed by atoms with Crippen molar-refractivity contribution in [3.05, 3.63) is 0 Å². The Kier molecular flexibility index (Phi) is 16.5. The fraction of sp³-hybridized carbons (Fsp3) is 0.800. The molecule has 0 aromatic carbocycles. The Hall–Kier alpha value is -0.880. The molecule has 0 rings (SSSR count). The Morgan fingerprint density at radius 1 is 1.04 bits per heavy atom. The van der Waals surface area contributed by atoms with Crippen LogP contribution in [0.15, 0.2) is 0 Å². The zero-order chi connectivity index (χ0) is 21.4. The lowest BCUT2D eigenvalue weighted by molar-refractivity contribution is -0.126. The van der Waals surface area contributed by atoms with Gasteiger partial charge in [-0.3, -0.25) is 9.59 Å². The molecule has 0 radical (unpaired) electrons. The van der Waals surface area contributed by atoms with Gasteiger partial charge in [-0.15, -0.1) is 0 Å². The van der Waals surface area contributed by atoms with Crippen molar-refractivity contribution in [3.63, 3.8) is 0 Å². The molecule has 1 atom stereocenters. The second kappa shape index (κ2) is 17.0. The minimum atomic E-state index is -0.174. The molecule has 0 saturated heterocycles. The molecule has 0 aliphatic heterocycles. The molecule has 0 aliphatic carbocycles. The molecule has 0 fully saturated rings. The van der Waals surface area contributed by atoms with E-state index < -0.39 is 0 Å². The Balaban J connectivity index is 3.80. The molecule has 0 aliphatic rings. The average molecular weight is 433 g/mol. The van der Waals surface area contributed by atoms with Gasteiger partial charge in [0.05, 0.1) is 19.8 Å². The van der Waals surface area contributed by atoms with Crippen molar-refractivity contribution in [2.45, 2.75) is 47.0 Å². The van der Waals surface area contributed by atoms with E-state index in [1.807, 2.05) is 27.7 Å². The SMILES string of the molecule is CC(C)C#CCNC(=O)COCCOC(SSCCNC(=O)C(C)C)C(C)C. The van der Waals surface area contributed by atoms with Crippen LogP contribution in [0, 0.1) is 29.6 Å². The molecule has 0 saturated carbocycles. The minimum absolute atomic E-state index is 0.0104. The molecule has 6 nitrogen and oxygen atoms in total. The molecule has 0 heterocycles. The highest BCUT2D eigenvalue weighted by Crippen LogP contribution is 2.31. The lowest BCUT2D eigenvalue weighted by atomic mass is 10.2. The van der Waals surface area contributed by atoms with Crippen LogP contribution in [0.4, 0.5) is 0 Å². The quantitative estimate of drug-likeness (QED) is 0.190. The third-order valence-corrected chi connectivity index (χ3v) is 6.08. The van der Waals surface area contributed by atoms with Gasteiger partial charge in [0.1, 0.15) is 12.0 Å². The Bertz CT molecular complexity index is 502. The maximum atomic E-state index is 11.6. The maximum Gasteiger partial charge on any atom is 0.246 e. The van der Waals surface area contributed by atoms with E-state index in [0.29, 0.717) is 38.1 Å². The molecule has 162 valence electrons. The predicted octanol–water partition coefficient (Wildman–Crippen LogP) is 2.93. The highest BCUT2D eigenvalue weighted by molar-refractivity contribution is 8.76. The van der Waals surface area contributed by atoms with Crippen molar-refractivity contribution >= 4 is 33.4 Å². The van der Waals surface area contributed by atoms with Crippen LogP contribution in [0.2, 0.25) is 0 Å². The Morgan fingerprint density at radius 2 is 1.75 bits per heavy atom. The van der Waals surface area contributed by atoms with Gasteiger partial charge in [0.15, 0.2) is 0 Å². The van der Waals surface area contributed by atoms with Gasteiger partial charge in [0.2, 0.25) is 11.8 Å². The summed E-state index contributed by atoms with van der Waals surface area (Å²) in [6.07, 6.45) is 0. The summed E-state index contributed by atoms with van der Waals surface area (Å²) >= 11 is 0. The lowest BCUT2D eigenvalue weighted by Crippen LogP contribution is -2.29. The standard InChI is InChI=1S/C20H36N2O4S2/c1-15(2)8-7-9-21-18(23)14-25-11-12-26-20(17(5)6)28-27-13-10-22-19(24)16(3)4/h15-17,20H,9-14H2,1-6H3,(H,21,23)(H,22,24). The van der Waals surface area contributed by atoms with Crippen molar-refractivity contribution in [3.8, 4) is 11.8 Å². The number of carbonyl (C=O) groups is 2. The number of nitrogens with one attached hydrogen (secondary N) is 2. The van der Waals surface area contributed by atoms with Crippen molar-refractivity contribution < 1.29 is 19.1 Å². The van der Waals surface area contributed by atoms with Crippen LogP contribution in [0.5, 0.6) is 0 Å². The molecule has 1 unspecified atom stereocenters. The van der Waals surface area contributed by atoms with Gasteiger partial charge in [-0.1, -0.05) is 75.0 Å². The summed E-state index contributed by atoms with van der Waals surface area (Å²) in [5.41, 5.74) is 0.0366. The van der Waals surface area contributed by atoms with E-state index in [1.165, 1.54) is 0 Å². The van der Waals surface area contributed by atoms with Crippen LogP contribution in [0.25, 0.3) is 0 Å². The summed E-state index contributed by atoms with van der Waals surface area (Å²) in [7, 11) is 3.35. The van der Waals surface area contributed by atoms with Crippen LogP contribution in [-0.4, -0.2) is 55.9 Å². The Morgan fingerprint density at radius 3 is 2.36 bits per heavy atom. The fourth-order valence-corrected chi connectivity index (χ4v) is 4.27. The second-order valence-corrected chi connectivity index (χ2v) is 9.74. The topological polar surface area (TPSA) is 76.7 Å². The summed E-state index contributed by atoms with van der Waals surface area (Å²) in [6.45, 7) is 13.8. The zero-order valence-electron chi connectivity index (χ0n) is 18.0. The van der Waals surface area contributed by atoms with Crippen LogP contribution in [-0.2, 0) is 19.1 Å². The smallest absolute Gasteiger partial charge is 0.246 e. The van der Waals surface area contributed by atoms with Gasteiger partial charge < -0.3 is 20.1 Å². The van der Waals surface area contributed by atoms with Gasteiger partial charge in [0.25, 0.3) is 0 Å². The molecule has 8 heteroatoms. The summed E-state index contributed by atoms with van der Waals surface area (Å²) in [5.74, 6) is 7.28. The minimum Gasteiger partial charge on any atom is -0.369 e. The van der Waals surface area contributed by atoms with Crippen molar-refractivity contribution in [2.24, 2.45) is 17.8 Å². The normalized spacial score (nSPS) is 12.0. The summed E-state index contributed by atoms with van der Waals surface area (Å²) in [6, 6.07) is 0. The number of rotatable bonds is 14. The molecule has 0 bridgehead atoms. The molecular weight excluding hydrogens is 396 g/mol. The molecule has 2 N–H and O–H groups in total. The number of hydrogen-bond acceptors (Lipinski definition) is 6. The van der Waals surface area contributed by atoms with Crippen molar-refractivity contribution in [1.82, 2.24) is 10.6 Å². The fourth-order valence-electron chi connectivity index (χ4n) is 1.70. The van der Waals surface area contributed by atoms with Crippen molar-refractivity contribution in [2.75, 3.05) is 38.7 Å². The first-order valence-corrected chi connectivity index (χ1v) is 12.1. The van der Waals surface area contributed by atoms with Crippen LogP contribution in [0.3, 0.4) is 0 Å². The molecule has 0 aromatic rings. The van der Waals surface area contributed by atoms with Crippen molar-refractivity contribution in [1.29, 1.82) is 0 Å². The molecule has 28 heavy (non-hydrogen) atoms. The predicted molar refractivity (Wildman–Crippen MR) is 119 cm³/mol. The highest BCUT2D eigenvalue weighted by atomic mass is 33.1. The average Bonchev–Trinajstić information content (AvgIpc) is 2.62. The third kappa shape index (κ3) is 16.1. The van der Waals surface area contributed by atoms with Gasteiger partial charge in [-0.25, -0.2) is 0 Å². The zero-order valence-corrected chi connectivity index (χ0v) is 19.6. The van der Waals surface area contributed by atoms with E-state index in [2.05, 4.69) is 36.3 Å². The van der Waals surface area contributed by atoms with Crippen LogP contribution >= 0.6 is 21.6 Å².